The lowest BCUT2D eigenvalue weighted by molar-refractivity contribution is 0.622. The van der Waals surface area contributed by atoms with Gasteiger partial charge in [-0.1, -0.05) is 6.92 Å². The summed E-state index contributed by atoms with van der Waals surface area (Å²) in [6, 6.07) is 3.16. The maximum absolute atomic E-state index is 13.6. The Hall–Kier alpha value is -0.980. The van der Waals surface area contributed by atoms with Crippen molar-refractivity contribution in [3.63, 3.8) is 0 Å². The maximum atomic E-state index is 13.6. The Kier molecular flexibility index (Phi) is 4.28. The summed E-state index contributed by atoms with van der Waals surface area (Å²) in [6.07, 6.45) is 2.87. The Balaban J connectivity index is 2.09. The zero-order valence-electron chi connectivity index (χ0n) is 11.2. The molecular formula is C14H12BrClFN3S. The number of halogens is 3. The normalized spacial score (nSPS) is 11.4. The topological polar surface area (TPSA) is 30.7 Å². The molecule has 0 atom stereocenters. The van der Waals surface area contributed by atoms with Crippen molar-refractivity contribution in [1.82, 2.24) is 14.5 Å². The van der Waals surface area contributed by atoms with Crippen molar-refractivity contribution in [2.75, 3.05) is 0 Å². The van der Waals surface area contributed by atoms with Crippen LogP contribution in [0.25, 0.3) is 11.0 Å². The smallest absolute Gasteiger partial charge is 0.139 e. The van der Waals surface area contributed by atoms with Crippen molar-refractivity contribution in [1.29, 1.82) is 0 Å². The Morgan fingerprint density at radius 3 is 2.90 bits per heavy atom. The Labute approximate surface area is 138 Å². The van der Waals surface area contributed by atoms with Crippen LogP contribution in [0.2, 0.25) is 0 Å². The third-order valence-corrected chi connectivity index (χ3v) is 5.21. The number of hydrogen-bond donors (Lipinski definition) is 0. The number of imidazole rings is 1. The minimum Gasteiger partial charge on any atom is -0.320 e. The molecule has 110 valence electrons. The number of thiazole rings is 1. The SMILES string of the molecule is CCc1cnc(Cn2c(CCl)nc3cc(F)c(Br)cc32)s1. The average molecular weight is 389 g/mol. The van der Waals surface area contributed by atoms with Gasteiger partial charge in [0.1, 0.15) is 16.6 Å². The van der Waals surface area contributed by atoms with Crippen LogP contribution in [0, 0.1) is 5.82 Å². The van der Waals surface area contributed by atoms with E-state index in [9.17, 15) is 4.39 Å². The second-order valence-electron chi connectivity index (χ2n) is 4.58. The summed E-state index contributed by atoms with van der Waals surface area (Å²) in [6.45, 7) is 2.70. The minimum absolute atomic E-state index is 0.278. The summed E-state index contributed by atoms with van der Waals surface area (Å²) >= 11 is 10.9. The highest BCUT2D eigenvalue weighted by atomic mass is 79.9. The molecule has 0 N–H and O–H groups in total. The van der Waals surface area contributed by atoms with Gasteiger partial charge in [0, 0.05) is 17.1 Å². The maximum Gasteiger partial charge on any atom is 0.139 e. The van der Waals surface area contributed by atoms with Gasteiger partial charge < -0.3 is 4.57 Å². The van der Waals surface area contributed by atoms with E-state index in [-0.39, 0.29) is 11.7 Å². The molecule has 7 heteroatoms. The van der Waals surface area contributed by atoms with Gasteiger partial charge >= 0.3 is 0 Å². The van der Waals surface area contributed by atoms with Crippen molar-refractivity contribution < 1.29 is 4.39 Å². The van der Waals surface area contributed by atoms with Crippen molar-refractivity contribution >= 4 is 49.9 Å². The number of rotatable bonds is 4. The number of nitrogens with zero attached hydrogens (tertiary/aromatic N) is 3. The molecule has 0 aliphatic rings. The first-order valence-electron chi connectivity index (χ1n) is 6.46. The number of fused-ring (bicyclic) bond motifs is 1. The lowest BCUT2D eigenvalue weighted by Crippen LogP contribution is -2.03. The minimum atomic E-state index is -0.323. The largest absolute Gasteiger partial charge is 0.320 e. The van der Waals surface area contributed by atoms with Crippen LogP contribution in [-0.2, 0) is 18.8 Å². The lowest BCUT2D eigenvalue weighted by Gasteiger charge is -2.05. The molecule has 0 aliphatic carbocycles. The van der Waals surface area contributed by atoms with Gasteiger partial charge in [0.25, 0.3) is 0 Å². The van der Waals surface area contributed by atoms with Gasteiger partial charge in [-0.25, -0.2) is 14.4 Å². The van der Waals surface area contributed by atoms with E-state index in [0.717, 1.165) is 22.8 Å². The highest BCUT2D eigenvalue weighted by Crippen LogP contribution is 2.26. The van der Waals surface area contributed by atoms with Gasteiger partial charge in [-0.15, -0.1) is 22.9 Å². The van der Waals surface area contributed by atoms with Crippen LogP contribution in [0.1, 0.15) is 22.6 Å². The molecule has 0 aliphatic heterocycles. The van der Waals surface area contributed by atoms with Crippen molar-refractivity contribution in [3.05, 3.63) is 44.3 Å². The first kappa shape index (κ1) is 14.9. The highest BCUT2D eigenvalue weighted by Gasteiger charge is 2.14. The summed E-state index contributed by atoms with van der Waals surface area (Å²) in [7, 11) is 0. The van der Waals surface area contributed by atoms with Gasteiger partial charge in [0.2, 0.25) is 0 Å². The van der Waals surface area contributed by atoms with Gasteiger partial charge in [-0.3, -0.25) is 0 Å². The zero-order valence-corrected chi connectivity index (χ0v) is 14.4. The van der Waals surface area contributed by atoms with E-state index in [1.165, 1.54) is 10.9 Å². The van der Waals surface area contributed by atoms with Crippen LogP contribution in [0.4, 0.5) is 4.39 Å². The average Bonchev–Trinajstić information content (AvgIpc) is 3.05. The molecule has 0 unspecified atom stereocenters. The second-order valence-corrected chi connectivity index (χ2v) is 6.90. The van der Waals surface area contributed by atoms with Gasteiger partial charge in [0.15, 0.2) is 0 Å². The van der Waals surface area contributed by atoms with Crippen LogP contribution in [0.3, 0.4) is 0 Å². The van der Waals surface area contributed by atoms with E-state index < -0.39 is 0 Å². The van der Waals surface area contributed by atoms with E-state index in [1.807, 2.05) is 10.8 Å². The zero-order chi connectivity index (χ0) is 15.0. The molecule has 0 saturated carbocycles. The van der Waals surface area contributed by atoms with Gasteiger partial charge in [-0.05, 0) is 28.4 Å². The Morgan fingerprint density at radius 2 is 2.24 bits per heavy atom. The predicted molar refractivity (Wildman–Crippen MR) is 87.5 cm³/mol. The number of benzene rings is 1. The fourth-order valence-corrected chi connectivity index (χ4v) is 3.56. The molecule has 21 heavy (non-hydrogen) atoms. The van der Waals surface area contributed by atoms with Crippen molar-refractivity contribution in [2.24, 2.45) is 0 Å². The van der Waals surface area contributed by atoms with Crippen LogP contribution >= 0.6 is 38.9 Å². The summed E-state index contributed by atoms with van der Waals surface area (Å²) in [5, 5.41) is 0.998. The van der Waals surface area contributed by atoms with Crippen molar-refractivity contribution in [2.45, 2.75) is 25.8 Å². The predicted octanol–water partition coefficient (Wildman–Crippen LogP) is 4.74. The molecule has 3 nitrogen and oxygen atoms in total. The molecule has 0 fully saturated rings. The number of aromatic nitrogens is 3. The second kappa shape index (κ2) is 6.02. The summed E-state index contributed by atoms with van der Waals surface area (Å²) in [4.78, 5) is 10.1. The number of hydrogen-bond acceptors (Lipinski definition) is 3. The first-order chi connectivity index (χ1) is 10.1. The third kappa shape index (κ3) is 2.84. The van der Waals surface area contributed by atoms with Crippen LogP contribution in [0.5, 0.6) is 0 Å². The molecule has 0 spiro atoms. The van der Waals surface area contributed by atoms with Crippen molar-refractivity contribution in [3.8, 4) is 0 Å². The molecule has 0 bridgehead atoms. The molecule has 2 aromatic heterocycles. The highest BCUT2D eigenvalue weighted by molar-refractivity contribution is 9.10. The first-order valence-corrected chi connectivity index (χ1v) is 8.60. The van der Waals surface area contributed by atoms with E-state index in [2.05, 4.69) is 32.8 Å². The molecule has 3 rings (SSSR count). The number of aryl methyl sites for hydroxylation is 1. The van der Waals surface area contributed by atoms with Gasteiger partial charge in [-0.2, -0.15) is 0 Å². The molecular weight excluding hydrogens is 377 g/mol. The summed E-state index contributed by atoms with van der Waals surface area (Å²) in [5.74, 6) is 0.674. The van der Waals surface area contributed by atoms with Gasteiger partial charge in [0.05, 0.1) is 27.9 Å². The van der Waals surface area contributed by atoms with Crippen LogP contribution in [-0.4, -0.2) is 14.5 Å². The van der Waals surface area contributed by atoms with Crippen LogP contribution < -0.4 is 0 Å². The van der Waals surface area contributed by atoms with Crippen LogP contribution in [0.15, 0.2) is 22.8 Å². The van der Waals surface area contributed by atoms with E-state index >= 15 is 0 Å². The monoisotopic (exact) mass is 387 g/mol. The lowest BCUT2D eigenvalue weighted by atomic mass is 10.3. The Bertz CT molecular complexity index is 799. The summed E-state index contributed by atoms with van der Waals surface area (Å²) < 4.78 is 16.0. The quantitative estimate of drug-likeness (QED) is 0.604. The number of alkyl halides is 1. The third-order valence-electron chi connectivity index (χ3n) is 3.23. The fraction of sp³-hybridized carbons (Fsp3) is 0.286. The van der Waals surface area contributed by atoms with E-state index in [0.29, 0.717) is 16.5 Å². The standard InChI is InChI=1S/C14H12BrClFN3S/c1-2-8-6-18-14(21-8)7-20-12-3-9(15)10(17)4-11(12)19-13(20)5-16/h3-4,6H,2,5,7H2,1H3. The van der Waals surface area contributed by atoms with E-state index in [4.69, 9.17) is 11.6 Å². The molecule has 3 aromatic rings. The summed E-state index contributed by atoms with van der Waals surface area (Å²) in [5.41, 5.74) is 1.46. The fourth-order valence-electron chi connectivity index (χ4n) is 2.17. The molecule has 2 heterocycles. The molecule has 0 amide bonds. The molecule has 1 aromatic carbocycles. The molecule has 0 radical (unpaired) electrons. The van der Waals surface area contributed by atoms with E-state index in [1.54, 1.807) is 17.4 Å². The molecule has 0 saturated heterocycles. The Morgan fingerprint density at radius 1 is 1.43 bits per heavy atom.